The number of benzene rings is 5. The molecule has 0 aliphatic rings. The zero-order valence-electron chi connectivity index (χ0n) is 16.1. The van der Waals surface area contributed by atoms with Crippen molar-refractivity contribution in [2.24, 2.45) is 0 Å². The van der Waals surface area contributed by atoms with Crippen molar-refractivity contribution in [1.29, 1.82) is 5.26 Å². The fourth-order valence-corrected chi connectivity index (χ4v) is 5.31. The van der Waals surface area contributed by atoms with Crippen LogP contribution in [0.25, 0.3) is 21.5 Å². The number of hydrogen-bond acceptors (Lipinski definition) is 3. The number of fused-ring (bicyclic) bond motifs is 2. The number of nitrogens with zero attached hydrogens (tertiary/aromatic N) is 1. The van der Waals surface area contributed by atoms with Crippen molar-refractivity contribution in [2.75, 3.05) is 0 Å². The molecule has 0 aliphatic carbocycles. The first-order chi connectivity index (χ1) is 14.8. The molecular weight excluding hydrogens is 402 g/mol. The number of hydrogen-bond donors (Lipinski definition) is 0. The highest BCUT2D eigenvalue weighted by Crippen LogP contribution is 2.36. The molecule has 0 radical (unpaired) electrons. The zero-order chi connectivity index (χ0) is 20.3. The van der Waals surface area contributed by atoms with Gasteiger partial charge in [0.2, 0.25) is 0 Å². The molecule has 0 saturated heterocycles. The van der Waals surface area contributed by atoms with Crippen molar-refractivity contribution in [2.45, 2.75) is 19.6 Å². The van der Waals surface area contributed by atoms with E-state index in [1.54, 1.807) is 23.5 Å². The van der Waals surface area contributed by atoms with Gasteiger partial charge in [0.15, 0.2) is 0 Å². The van der Waals surface area contributed by atoms with Crippen LogP contribution in [0.1, 0.15) is 5.56 Å². The predicted molar refractivity (Wildman–Crippen MR) is 127 cm³/mol. The van der Waals surface area contributed by atoms with Gasteiger partial charge in [-0.3, -0.25) is 0 Å². The third kappa shape index (κ3) is 3.93. The second-order valence-corrected chi connectivity index (χ2v) is 9.25. The van der Waals surface area contributed by atoms with Crippen molar-refractivity contribution < 1.29 is 0 Å². The Kier molecular flexibility index (Phi) is 5.19. The van der Waals surface area contributed by atoms with Gasteiger partial charge in [-0.15, -0.1) is 0 Å². The van der Waals surface area contributed by atoms with Gasteiger partial charge in [-0.25, -0.2) is 0 Å². The van der Waals surface area contributed by atoms with Crippen LogP contribution in [0.4, 0.5) is 0 Å². The molecule has 5 rings (SSSR count). The van der Waals surface area contributed by atoms with Crippen LogP contribution in [0.2, 0.25) is 0 Å². The first-order valence-corrected chi connectivity index (χ1v) is 11.3. The van der Waals surface area contributed by atoms with Gasteiger partial charge < -0.3 is 0 Å². The standard InChI is InChI=1S/C27H17NS2/c28-18-23-17-25(29-24-11-9-19-5-1-3-7-21(19)15-24)13-14-27(23)30-26-12-10-20-6-2-4-8-22(20)16-26/h1-17H. The van der Waals surface area contributed by atoms with Crippen molar-refractivity contribution in [3.8, 4) is 6.07 Å². The molecule has 5 aromatic rings. The van der Waals surface area contributed by atoms with Crippen LogP contribution in [0, 0.1) is 11.3 Å². The lowest BCUT2D eigenvalue weighted by atomic mass is 10.1. The molecule has 0 N–H and O–H groups in total. The second kappa shape index (κ2) is 8.28. The Hall–Kier alpha value is -3.19. The van der Waals surface area contributed by atoms with Crippen LogP contribution in [0.3, 0.4) is 0 Å². The third-order valence-electron chi connectivity index (χ3n) is 4.98. The van der Waals surface area contributed by atoms with E-state index in [9.17, 15) is 5.26 Å². The molecule has 5 aromatic carbocycles. The minimum absolute atomic E-state index is 0.707. The van der Waals surface area contributed by atoms with Crippen LogP contribution in [-0.4, -0.2) is 0 Å². The Bertz CT molecular complexity index is 1420. The zero-order valence-corrected chi connectivity index (χ0v) is 17.7. The Labute approximate surface area is 184 Å². The lowest BCUT2D eigenvalue weighted by molar-refractivity contribution is 1.28. The smallest absolute Gasteiger partial charge is 0.100 e. The Morgan fingerprint density at radius 3 is 1.60 bits per heavy atom. The van der Waals surface area contributed by atoms with Crippen molar-refractivity contribution in [3.63, 3.8) is 0 Å². The average molecular weight is 420 g/mol. The third-order valence-corrected chi connectivity index (χ3v) is 7.02. The second-order valence-electron chi connectivity index (χ2n) is 6.99. The fraction of sp³-hybridized carbons (Fsp3) is 0. The van der Waals surface area contributed by atoms with Crippen molar-refractivity contribution in [3.05, 3.63) is 109 Å². The molecule has 0 spiro atoms. The van der Waals surface area contributed by atoms with Crippen LogP contribution in [0.5, 0.6) is 0 Å². The molecule has 0 aliphatic heterocycles. The molecule has 0 bridgehead atoms. The highest BCUT2D eigenvalue weighted by molar-refractivity contribution is 7.99. The lowest BCUT2D eigenvalue weighted by Crippen LogP contribution is -1.84. The van der Waals surface area contributed by atoms with Crippen LogP contribution >= 0.6 is 23.5 Å². The molecular formula is C27H17NS2. The number of rotatable bonds is 4. The average Bonchev–Trinajstić information content (AvgIpc) is 2.80. The molecule has 0 unspecified atom stereocenters. The van der Waals surface area contributed by atoms with E-state index in [-0.39, 0.29) is 0 Å². The molecule has 0 heterocycles. The van der Waals surface area contributed by atoms with Crippen LogP contribution in [-0.2, 0) is 0 Å². The molecule has 3 heteroatoms. The van der Waals surface area contributed by atoms with Gasteiger partial charge in [0.1, 0.15) is 6.07 Å². The summed E-state index contributed by atoms with van der Waals surface area (Å²) in [5.74, 6) is 0. The molecule has 30 heavy (non-hydrogen) atoms. The van der Waals surface area contributed by atoms with Crippen molar-refractivity contribution >= 4 is 45.1 Å². The minimum atomic E-state index is 0.707. The maximum absolute atomic E-state index is 9.73. The summed E-state index contributed by atoms with van der Waals surface area (Å²) in [5.41, 5.74) is 0.707. The molecule has 0 fully saturated rings. The van der Waals surface area contributed by atoms with Gasteiger partial charge in [-0.2, -0.15) is 5.26 Å². The van der Waals surface area contributed by atoms with E-state index >= 15 is 0 Å². The SMILES string of the molecule is N#Cc1cc(Sc2ccc3ccccc3c2)ccc1Sc1ccc2ccccc2c1. The van der Waals surface area contributed by atoms with Gasteiger partial charge in [0.25, 0.3) is 0 Å². The number of nitriles is 1. The highest BCUT2D eigenvalue weighted by Gasteiger charge is 2.08. The summed E-state index contributed by atoms with van der Waals surface area (Å²) < 4.78 is 0. The van der Waals surface area contributed by atoms with Crippen LogP contribution in [0.15, 0.2) is 123 Å². The molecule has 0 saturated carbocycles. The normalized spacial score (nSPS) is 10.9. The summed E-state index contributed by atoms with van der Waals surface area (Å²) >= 11 is 3.33. The Morgan fingerprint density at radius 2 is 1.00 bits per heavy atom. The summed E-state index contributed by atoms with van der Waals surface area (Å²) in [4.78, 5) is 4.37. The summed E-state index contributed by atoms with van der Waals surface area (Å²) in [7, 11) is 0. The van der Waals surface area contributed by atoms with Gasteiger partial charge in [0, 0.05) is 19.6 Å². The summed E-state index contributed by atoms with van der Waals surface area (Å²) in [6, 6.07) is 38.1. The van der Waals surface area contributed by atoms with Crippen molar-refractivity contribution in [1.82, 2.24) is 0 Å². The Morgan fingerprint density at radius 1 is 0.500 bits per heavy atom. The highest BCUT2D eigenvalue weighted by atomic mass is 32.2. The topological polar surface area (TPSA) is 23.8 Å². The van der Waals surface area contributed by atoms with E-state index in [0.29, 0.717) is 5.56 Å². The maximum Gasteiger partial charge on any atom is 0.100 e. The van der Waals surface area contributed by atoms with E-state index in [1.165, 1.54) is 26.4 Å². The molecule has 0 aromatic heterocycles. The molecule has 0 atom stereocenters. The van der Waals surface area contributed by atoms with Gasteiger partial charge in [0.05, 0.1) is 5.56 Å². The Balaban J connectivity index is 1.41. The van der Waals surface area contributed by atoms with E-state index in [0.717, 1.165) is 14.7 Å². The minimum Gasteiger partial charge on any atom is -0.192 e. The summed E-state index contributed by atoms with van der Waals surface area (Å²) in [6.07, 6.45) is 0. The summed E-state index contributed by atoms with van der Waals surface area (Å²) in [5, 5.41) is 14.6. The largest absolute Gasteiger partial charge is 0.192 e. The van der Waals surface area contributed by atoms with Gasteiger partial charge in [-0.1, -0.05) is 84.2 Å². The van der Waals surface area contributed by atoms with E-state index in [2.05, 4.69) is 103 Å². The first kappa shape index (κ1) is 18.8. The van der Waals surface area contributed by atoms with E-state index in [1.807, 2.05) is 6.07 Å². The first-order valence-electron chi connectivity index (χ1n) is 9.66. The van der Waals surface area contributed by atoms with E-state index in [4.69, 9.17) is 0 Å². The van der Waals surface area contributed by atoms with Gasteiger partial charge in [-0.05, 0) is 64.0 Å². The molecule has 142 valence electrons. The summed E-state index contributed by atoms with van der Waals surface area (Å²) in [6.45, 7) is 0. The monoisotopic (exact) mass is 419 g/mol. The van der Waals surface area contributed by atoms with Crippen LogP contribution < -0.4 is 0 Å². The predicted octanol–water partition coefficient (Wildman–Crippen LogP) is 8.17. The lowest BCUT2D eigenvalue weighted by Gasteiger charge is -2.08. The molecule has 0 amide bonds. The quantitative estimate of drug-likeness (QED) is 0.293. The van der Waals surface area contributed by atoms with Gasteiger partial charge >= 0.3 is 0 Å². The maximum atomic E-state index is 9.73. The fourth-order valence-electron chi connectivity index (χ4n) is 3.47. The molecule has 1 nitrogen and oxygen atoms in total. The van der Waals surface area contributed by atoms with E-state index < -0.39 is 0 Å².